The van der Waals surface area contributed by atoms with E-state index < -0.39 is 6.03 Å². The fourth-order valence-corrected chi connectivity index (χ4v) is 3.51. The molecule has 7 nitrogen and oxygen atoms in total. The lowest BCUT2D eigenvalue weighted by Gasteiger charge is -2.14. The molecular formula is C26H27ClN2O5. The Morgan fingerprint density at radius 1 is 0.765 bits per heavy atom. The van der Waals surface area contributed by atoms with E-state index in [0.717, 1.165) is 16.7 Å². The lowest BCUT2D eigenvalue weighted by molar-refractivity contribution is 0.262. The van der Waals surface area contributed by atoms with Crippen molar-refractivity contribution >= 4 is 41.2 Å². The van der Waals surface area contributed by atoms with Gasteiger partial charge in [0.05, 0.1) is 34.1 Å². The normalized spacial score (nSPS) is 10.6. The second-order valence-electron chi connectivity index (χ2n) is 7.24. The molecule has 178 valence electrons. The van der Waals surface area contributed by atoms with Crippen molar-refractivity contribution in [1.29, 1.82) is 0 Å². The molecule has 0 fully saturated rings. The van der Waals surface area contributed by atoms with Crippen LogP contribution in [0.15, 0.2) is 48.5 Å². The van der Waals surface area contributed by atoms with Gasteiger partial charge < -0.3 is 29.6 Å². The van der Waals surface area contributed by atoms with Gasteiger partial charge in [0.1, 0.15) is 5.75 Å². The Labute approximate surface area is 204 Å². The van der Waals surface area contributed by atoms with E-state index in [2.05, 4.69) is 10.6 Å². The second kappa shape index (κ2) is 11.3. The topological polar surface area (TPSA) is 78.1 Å². The Morgan fingerprint density at radius 3 is 2.00 bits per heavy atom. The molecule has 8 heteroatoms. The van der Waals surface area contributed by atoms with Gasteiger partial charge in [-0.2, -0.15) is 0 Å². The Kier molecular flexibility index (Phi) is 8.27. The summed E-state index contributed by atoms with van der Waals surface area (Å²) in [6.07, 6.45) is 3.82. The average Bonchev–Trinajstić information content (AvgIpc) is 2.84. The summed E-state index contributed by atoms with van der Waals surface area (Å²) in [7, 11) is 6.25. The van der Waals surface area contributed by atoms with E-state index in [4.69, 9.17) is 30.5 Å². The quantitative estimate of drug-likeness (QED) is 0.358. The third kappa shape index (κ3) is 5.74. The summed E-state index contributed by atoms with van der Waals surface area (Å²) >= 11 is 6.14. The van der Waals surface area contributed by atoms with Crippen molar-refractivity contribution in [3.63, 3.8) is 0 Å². The van der Waals surface area contributed by atoms with E-state index >= 15 is 0 Å². The lowest BCUT2D eigenvalue weighted by Crippen LogP contribution is -2.20. The summed E-state index contributed by atoms with van der Waals surface area (Å²) in [6.45, 7) is 1.84. The van der Waals surface area contributed by atoms with Crippen LogP contribution >= 0.6 is 11.6 Å². The zero-order valence-electron chi connectivity index (χ0n) is 19.7. The molecule has 0 spiro atoms. The summed E-state index contributed by atoms with van der Waals surface area (Å²) in [5, 5.41) is 6.23. The van der Waals surface area contributed by atoms with Gasteiger partial charge in [-0.3, -0.25) is 0 Å². The van der Waals surface area contributed by atoms with E-state index in [0.29, 0.717) is 39.4 Å². The van der Waals surface area contributed by atoms with Crippen molar-refractivity contribution in [1.82, 2.24) is 0 Å². The zero-order valence-corrected chi connectivity index (χ0v) is 20.4. The van der Waals surface area contributed by atoms with Crippen LogP contribution in [0.4, 0.5) is 16.2 Å². The summed E-state index contributed by atoms with van der Waals surface area (Å²) in [4.78, 5) is 12.6. The first kappa shape index (κ1) is 24.8. The number of amides is 2. The van der Waals surface area contributed by atoms with E-state index in [1.807, 2.05) is 43.3 Å². The molecule has 3 rings (SSSR count). The largest absolute Gasteiger partial charge is 0.495 e. The number of urea groups is 1. The molecule has 34 heavy (non-hydrogen) atoms. The first-order valence-electron chi connectivity index (χ1n) is 10.4. The van der Waals surface area contributed by atoms with E-state index in [-0.39, 0.29) is 0 Å². The second-order valence-corrected chi connectivity index (χ2v) is 7.65. The average molecular weight is 483 g/mol. The number of hydrogen-bond acceptors (Lipinski definition) is 5. The van der Waals surface area contributed by atoms with Crippen LogP contribution in [0.25, 0.3) is 12.2 Å². The summed E-state index contributed by atoms with van der Waals surface area (Å²) < 4.78 is 21.6. The van der Waals surface area contributed by atoms with Crippen molar-refractivity contribution in [2.45, 2.75) is 6.92 Å². The molecule has 0 radical (unpaired) electrons. The van der Waals surface area contributed by atoms with Crippen molar-refractivity contribution in [3.05, 3.63) is 70.2 Å². The van der Waals surface area contributed by atoms with E-state index in [1.165, 1.54) is 0 Å². The molecule has 0 aromatic heterocycles. The van der Waals surface area contributed by atoms with Crippen LogP contribution in [0, 0.1) is 6.92 Å². The molecule has 0 aliphatic rings. The predicted octanol–water partition coefficient (Wildman–Crippen LogP) is 6.50. The minimum absolute atomic E-state index is 0.408. The van der Waals surface area contributed by atoms with Crippen LogP contribution in [0.3, 0.4) is 0 Å². The first-order chi connectivity index (χ1) is 16.4. The highest BCUT2D eigenvalue weighted by Gasteiger charge is 2.13. The van der Waals surface area contributed by atoms with E-state index in [1.54, 1.807) is 52.7 Å². The van der Waals surface area contributed by atoms with Gasteiger partial charge >= 0.3 is 6.03 Å². The highest BCUT2D eigenvalue weighted by atomic mass is 35.5. The molecule has 0 atom stereocenters. The third-order valence-corrected chi connectivity index (χ3v) is 5.55. The summed E-state index contributed by atoms with van der Waals surface area (Å²) in [5.41, 5.74) is 3.64. The number of carbonyl (C=O) groups excluding carboxylic acids is 1. The molecule has 3 aromatic carbocycles. The Morgan fingerprint density at radius 2 is 1.38 bits per heavy atom. The first-order valence-corrected chi connectivity index (χ1v) is 10.8. The number of nitrogens with one attached hydrogen (secondary N) is 2. The molecule has 0 bridgehead atoms. The SMILES string of the molecule is COc1ccc(/C=C\c2cc(OC)c(OC)c(OC)c2)cc1NC(=O)Nc1cccc(Cl)c1C. The van der Waals surface area contributed by atoms with Gasteiger partial charge in [0.25, 0.3) is 0 Å². The van der Waals surface area contributed by atoms with Gasteiger partial charge in [-0.25, -0.2) is 4.79 Å². The molecule has 0 aliphatic heterocycles. The zero-order chi connectivity index (χ0) is 24.7. The summed E-state index contributed by atoms with van der Waals surface area (Å²) in [5.74, 6) is 2.18. The number of rotatable bonds is 8. The fraction of sp³-hybridized carbons (Fsp3) is 0.192. The molecule has 2 amide bonds. The molecule has 0 unspecified atom stereocenters. The van der Waals surface area contributed by atoms with Crippen LogP contribution in [-0.4, -0.2) is 34.5 Å². The fourth-order valence-electron chi connectivity index (χ4n) is 3.34. The molecule has 0 aliphatic carbocycles. The number of carbonyl (C=O) groups is 1. The van der Waals surface area contributed by atoms with Gasteiger partial charge in [-0.15, -0.1) is 0 Å². The predicted molar refractivity (Wildman–Crippen MR) is 137 cm³/mol. The number of hydrogen-bond donors (Lipinski definition) is 2. The van der Waals surface area contributed by atoms with E-state index in [9.17, 15) is 4.79 Å². The number of halogens is 1. The monoisotopic (exact) mass is 482 g/mol. The standard InChI is InChI=1S/C26H27ClN2O5/c1-16-19(27)7-6-8-20(16)28-26(30)29-21-13-17(11-12-22(21)31-2)9-10-18-14-23(32-3)25(34-5)24(15-18)33-4/h6-15H,1-5H3,(H2,28,29,30)/b10-9-. The van der Waals surface area contributed by atoms with Gasteiger partial charge in [-0.05, 0) is 60.0 Å². The molecule has 2 N–H and O–H groups in total. The van der Waals surface area contributed by atoms with Crippen LogP contribution in [0.2, 0.25) is 5.02 Å². The van der Waals surface area contributed by atoms with Gasteiger partial charge in [0.15, 0.2) is 11.5 Å². The number of methoxy groups -OCH3 is 4. The Hall–Kier alpha value is -3.84. The molecular weight excluding hydrogens is 456 g/mol. The minimum Gasteiger partial charge on any atom is -0.495 e. The third-order valence-electron chi connectivity index (χ3n) is 5.14. The summed E-state index contributed by atoms with van der Waals surface area (Å²) in [6, 6.07) is 14.1. The molecule has 0 saturated heterocycles. The molecule has 0 saturated carbocycles. The number of ether oxygens (including phenoxy) is 4. The molecule has 0 heterocycles. The van der Waals surface area contributed by atoms with Crippen molar-refractivity contribution in [3.8, 4) is 23.0 Å². The molecule has 3 aromatic rings. The highest BCUT2D eigenvalue weighted by molar-refractivity contribution is 6.31. The Balaban J connectivity index is 1.83. The van der Waals surface area contributed by atoms with Crippen LogP contribution in [0.5, 0.6) is 23.0 Å². The number of benzene rings is 3. The van der Waals surface area contributed by atoms with Crippen LogP contribution in [0.1, 0.15) is 16.7 Å². The smallest absolute Gasteiger partial charge is 0.323 e. The maximum atomic E-state index is 12.6. The minimum atomic E-state index is -0.408. The highest BCUT2D eigenvalue weighted by Crippen LogP contribution is 2.38. The maximum absolute atomic E-state index is 12.6. The van der Waals surface area contributed by atoms with Gasteiger partial charge in [-0.1, -0.05) is 35.9 Å². The van der Waals surface area contributed by atoms with Crippen molar-refractivity contribution in [2.75, 3.05) is 39.1 Å². The van der Waals surface area contributed by atoms with Gasteiger partial charge in [0.2, 0.25) is 5.75 Å². The maximum Gasteiger partial charge on any atom is 0.323 e. The van der Waals surface area contributed by atoms with Crippen LogP contribution < -0.4 is 29.6 Å². The van der Waals surface area contributed by atoms with Crippen molar-refractivity contribution < 1.29 is 23.7 Å². The Bertz CT molecular complexity index is 1180. The lowest BCUT2D eigenvalue weighted by atomic mass is 10.1. The van der Waals surface area contributed by atoms with Gasteiger partial charge in [0, 0.05) is 10.7 Å². The van der Waals surface area contributed by atoms with Crippen molar-refractivity contribution in [2.24, 2.45) is 0 Å². The number of anilines is 2. The van der Waals surface area contributed by atoms with Crippen LogP contribution in [-0.2, 0) is 0 Å².